The summed E-state index contributed by atoms with van der Waals surface area (Å²) >= 11 is 0. The van der Waals surface area contributed by atoms with E-state index in [9.17, 15) is 22.9 Å². The van der Waals surface area contributed by atoms with E-state index in [4.69, 9.17) is 5.11 Å². The quantitative estimate of drug-likeness (QED) is 0.577. The number of rotatable bonds is 7. The van der Waals surface area contributed by atoms with Crippen LogP contribution in [-0.4, -0.2) is 31.6 Å². The molecule has 0 spiro atoms. The van der Waals surface area contributed by atoms with Crippen molar-refractivity contribution >= 4 is 15.7 Å². The van der Waals surface area contributed by atoms with Gasteiger partial charge in [-0.15, -0.1) is 0 Å². The summed E-state index contributed by atoms with van der Waals surface area (Å²) in [6, 6.07) is 2.34. The number of nitrogens with one attached hydrogen (secondary N) is 1. The van der Waals surface area contributed by atoms with Gasteiger partial charge in [-0.1, -0.05) is 6.92 Å². The van der Waals surface area contributed by atoms with Gasteiger partial charge >= 0.3 is 0 Å². The summed E-state index contributed by atoms with van der Waals surface area (Å²) in [6.45, 7) is 1.69. The van der Waals surface area contributed by atoms with E-state index in [1.807, 2.05) is 0 Å². The first-order valence-electron chi connectivity index (χ1n) is 5.82. The fraction of sp³-hybridized carbons (Fsp3) is 0.455. The van der Waals surface area contributed by atoms with E-state index in [1.165, 1.54) is 0 Å². The summed E-state index contributed by atoms with van der Waals surface area (Å²) < 4.78 is 39.5. The first-order chi connectivity index (χ1) is 9.27. The number of benzene rings is 1. The van der Waals surface area contributed by atoms with Crippen LogP contribution in [-0.2, 0) is 10.0 Å². The van der Waals surface area contributed by atoms with Crippen molar-refractivity contribution in [2.45, 2.75) is 18.2 Å². The van der Waals surface area contributed by atoms with Crippen molar-refractivity contribution in [3.63, 3.8) is 0 Å². The van der Waals surface area contributed by atoms with E-state index < -0.39 is 31.3 Å². The van der Waals surface area contributed by atoms with E-state index in [0.717, 1.165) is 12.1 Å². The highest BCUT2D eigenvalue weighted by Crippen LogP contribution is 2.20. The average molecular weight is 306 g/mol. The number of nitro groups is 1. The summed E-state index contributed by atoms with van der Waals surface area (Å²) in [7, 11) is -4.08. The number of hydrogen-bond acceptors (Lipinski definition) is 5. The van der Waals surface area contributed by atoms with Crippen molar-refractivity contribution in [3.8, 4) is 0 Å². The molecule has 0 aliphatic heterocycles. The van der Waals surface area contributed by atoms with Gasteiger partial charge in [0.05, 0.1) is 11.0 Å². The molecule has 0 amide bonds. The lowest BCUT2D eigenvalue weighted by atomic mass is 10.1. The van der Waals surface area contributed by atoms with Crippen molar-refractivity contribution in [1.29, 1.82) is 0 Å². The molecule has 0 bridgehead atoms. The molecular weight excluding hydrogens is 291 g/mol. The maximum Gasteiger partial charge on any atom is 0.272 e. The lowest BCUT2D eigenvalue weighted by Crippen LogP contribution is -2.29. The normalized spacial score (nSPS) is 13.2. The number of aliphatic hydroxyl groups is 1. The molecular formula is C11H15FN2O5S. The van der Waals surface area contributed by atoms with Gasteiger partial charge in [-0.2, -0.15) is 0 Å². The summed E-state index contributed by atoms with van der Waals surface area (Å²) in [5, 5.41) is 19.2. The number of hydrogen-bond donors (Lipinski definition) is 2. The maximum absolute atomic E-state index is 13.6. The second-order valence-corrected chi connectivity index (χ2v) is 6.08. The van der Waals surface area contributed by atoms with Crippen LogP contribution in [0.4, 0.5) is 10.1 Å². The van der Waals surface area contributed by atoms with Crippen LogP contribution in [0, 0.1) is 21.8 Å². The zero-order valence-electron chi connectivity index (χ0n) is 10.7. The lowest BCUT2D eigenvalue weighted by Gasteiger charge is -2.12. The highest BCUT2D eigenvalue weighted by molar-refractivity contribution is 7.89. The van der Waals surface area contributed by atoms with E-state index >= 15 is 0 Å². The number of halogens is 1. The molecule has 0 saturated heterocycles. The van der Waals surface area contributed by atoms with Gasteiger partial charge in [0.2, 0.25) is 10.0 Å². The Morgan fingerprint density at radius 3 is 2.65 bits per heavy atom. The molecule has 1 unspecified atom stereocenters. The number of nitrogens with zero attached hydrogens (tertiary/aromatic N) is 1. The predicted molar refractivity (Wildman–Crippen MR) is 69.1 cm³/mol. The van der Waals surface area contributed by atoms with E-state index in [2.05, 4.69) is 4.72 Å². The van der Waals surface area contributed by atoms with Crippen molar-refractivity contribution in [2.75, 3.05) is 13.2 Å². The van der Waals surface area contributed by atoms with Crippen LogP contribution in [0.2, 0.25) is 0 Å². The van der Waals surface area contributed by atoms with Crippen LogP contribution in [0.15, 0.2) is 23.1 Å². The Morgan fingerprint density at radius 2 is 2.15 bits per heavy atom. The zero-order valence-corrected chi connectivity index (χ0v) is 11.6. The Kier molecular flexibility index (Phi) is 5.54. The fourth-order valence-electron chi connectivity index (χ4n) is 1.47. The molecule has 1 aromatic rings. The lowest BCUT2D eigenvalue weighted by molar-refractivity contribution is -0.385. The molecule has 1 rings (SSSR count). The molecule has 112 valence electrons. The Hall–Kier alpha value is -1.58. The second-order valence-electron chi connectivity index (χ2n) is 4.34. The SMILES string of the molecule is CC(CCO)CNS(=O)(=O)c1ccc([N+](=O)[O-])cc1F. The molecule has 1 aromatic carbocycles. The van der Waals surface area contributed by atoms with Crippen molar-refractivity contribution in [1.82, 2.24) is 4.72 Å². The minimum Gasteiger partial charge on any atom is -0.396 e. The van der Waals surface area contributed by atoms with Gasteiger partial charge in [0, 0.05) is 19.2 Å². The van der Waals surface area contributed by atoms with Crippen molar-refractivity contribution < 1.29 is 22.8 Å². The molecule has 9 heteroatoms. The smallest absolute Gasteiger partial charge is 0.272 e. The van der Waals surface area contributed by atoms with Gasteiger partial charge in [-0.3, -0.25) is 10.1 Å². The second kappa shape index (κ2) is 6.73. The first kappa shape index (κ1) is 16.5. The van der Waals surface area contributed by atoms with Crippen molar-refractivity contribution in [3.05, 3.63) is 34.1 Å². The topological polar surface area (TPSA) is 110 Å². The van der Waals surface area contributed by atoms with Gasteiger partial charge in [0.1, 0.15) is 10.7 Å². The zero-order chi connectivity index (χ0) is 15.3. The van der Waals surface area contributed by atoms with E-state index in [-0.39, 0.29) is 19.1 Å². The molecule has 1 atom stereocenters. The Bertz CT molecular complexity index is 590. The molecule has 20 heavy (non-hydrogen) atoms. The minimum absolute atomic E-state index is 0.0410. The highest BCUT2D eigenvalue weighted by atomic mass is 32.2. The summed E-state index contributed by atoms with van der Waals surface area (Å²) in [5.74, 6) is -1.29. The molecule has 0 radical (unpaired) electrons. The number of non-ortho nitro benzene ring substituents is 1. The van der Waals surface area contributed by atoms with Gasteiger partial charge in [0.15, 0.2) is 0 Å². The molecule has 0 aromatic heterocycles. The number of nitro benzene ring substituents is 1. The third-order valence-electron chi connectivity index (χ3n) is 2.66. The summed E-state index contributed by atoms with van der Waals surface area (Å²) in [5.41, 5.74) is -0.518. The van der Waals surface area contributed by atoms with Crippen molar-refractivity contribution in [2.24, 2.45) is 5.92 Å². The maximum atomic E-state index is 13.6. The summed E-state index contributed by atoms with van der Waals surface area (Å²) in [6.07, 6.45) is 0.408. The van der Waals surface area contributed by atoms with E-state index in [0.29, 0.717) is 12.5 Å². The molecule has 0 fully saturated rings. The van der Waals surface area contributed by atoms with Crippen LogP contribution >= 0.6 is 0 Å². The molecule has 0 aliphatic carbocycles. The third-order valence-corrected chi connectivity index (χ3v) is 4.12. The third kappa shape index (κ3) is 4.22. The molecule has 2 N–H and O–H groups in total. The Balaban J connectivity index is 2.90. The van der Waals surface area contributed by atoms with Crippen LogP contribution in [0.25, 0.3) is 0 Å². The fourth-order valence-corrected chi connectivity index (χ4v) is 2.70. The molecule has 0 aliphatic rings. The Labute approximate surface area is 115 Å². The average Bonchev–Trinajstić information content (AvgIpc) is 2.36. The van der Waals surface area contributed by atoms with Gasteiger partial charge in [0.25, 0.3) is 5.69 Å². The number of aliphatic hydroxyl groups excluding tert-OH is 1. The van der Waals surface area contributed by atoms with Gasteiger partial charge in [-0.25, -0.2) is 17.5 Å². The molecule has 7 nitrogen and oxygen atoms in total. The predicted octanol–water partition coefficient (Wildman–Crippen LogP) is 1.03. The monoisotopic (exact) mass is 306 g/mol. The van der Waals surface area contributed by atoms with Crippen LogP contribution in [0.5, 0.6) is 0 Å². The molecule has 0 heterocycles. The largest absolute Gasteiger partial charge is 0.396 e. The Morgan fingerprint density at radius 1 is 1.50 bits per heavy atom. The molecule has 0 saturated carbocycles. The van der Waals surface area contributed by atoms with Crippen LogP contribution in [0.1, 0.15) is 13.3 Å². The number of sulfonamides is 1. The highest BCUT2D eigenvalue weighted by Gasteiger charge is 2.22. The summed E-state index contributed by atoms with van der Waals surface area (Å²) in [4.78, 5) is 9.00. The standard InChI is InChI=1S/C11H15FN2O5S/c1-8(4-5-15)7-13-20(18,19)11-3-2-9(14(16)17)6-10(11)12/h2-3,6,8,13,15H,4-5,7H2,1H3. The van der Waals surface area contributed by atoms with E-state index in [1.54, 1.807) is 6.92 Å². The minimum atomic E-state index is -4.08. The van der Waals surface area contributed by atoms with Crippen LogP contribution in [0.3, 0.4) is 0 Å². The van der Waals surface area contributed by atoms with Crippen LogP contribution < -0.4 is 4.72 Å². The first-order valence-corrected chi connectivity index (χ1v) is 7.30. The van der Waals surface area contributed by atoms with Gasteiger partial charge < -0.3 is 5.11 Å². The van der Waals surface area contributed by atoms with Gasteiger partial charge in [-0.05, 0) is 18.4 Å².